The van der Waals surface area contributed by atoms with E-state index < -0.39 is 0 Å². The van der Waals surface area contributed by atoms with Crippen molar-refractivity contribution in [2.75, 3.05) is 0 Å². The zero-order valence-corrected chi connectivity index (χ0v) is 14.5. The number of hydrogen-bond donors (Lipinski definition) is 0. The van der Waals surface area contributed by atoms with Crippen molar-refractivity contribution in [2.24, 2.45) is 0 Å². The predicted octanol–water partition coefficient (Wildman–Crippen LogP) is 5.84. The summed E-state index contributed by atoms with van der Waals surface area (Å²) < 4.78 is 3.11. The maximum atomic E-state index is 2.38. The van der Waals surface area contributed by atoms with Crippen molar-refractivity contribution in [3.8, 4) is 11.1 Å². The molecular formula is C21H18Se. The van der Waals surface area contributed by atoms with Crippen LogP contribution in [0.5, 0.6) is 0 Å². The Morgan fingerprint density at radius 2 is 1.55 bits per heavy atom. The molecule has 4 rings (SSSR count). The van der Waals surface area contributed by atoms with Gasteiger partial charge in [0, 0.05) is 0 Å². The summed E-state index contributed by atoms with van der Waals surface area (Å²) in [4.78, 5) is 0. The molecule has 0 aliphatic heterocycles. The molecule has 0 bridgehead atoms. The van der Waals surface area contributed by atoms with Gasteiger partial charge in [-0.05, 0) is 0 Å². The molecule has 1 heteroatoms. The second-order valence-electron chi connectivity index (χ2n) is 6.06. The summed E-state index contributed by atoms with van der Waals surface area (Å²) in [7, 11) is 0. The number of rotatable bonds is 2. The van der Waals surface area contributed by atoms with E-state index in [1.54, 1.807) is 4.26 Å². The van der Waals surface area contributed by atoms with Gasteiger partial charge in [-0.25, -0.2) is 0 Å². The topological polar surface area (TPSA) is 0 Å². The summed E-state index contributed by atoms with van der Waals surface area (Å²) in [6, 6.07) is 24.5. The van der Waals surface area contributed by atoms with Crippen LogP contribution in [0.25, 0.3) is 30.4 Å². The molecule has 1 heterocycles. The van der Waals surface area contributed by atoms with Gasteiger partial charge in [-0.15, -0.1) is 0 Å². The van der Waals surface area contributed by atoms with E-state index in [2.05, 4.69) is 80.6 Å². The van der Waals surface area contributed by atoms with Crippen LogP contribution in [0.3, 0.4) is 0 Å². The molecule has 22 heavy (non-hydrogen) atoms. The van der Waals surface area contributed by atoms with Crippen LogP contribution in [0.1, 0.15) is 25.3 Å². The molecule has 0 fully saturated rings. The van der Waals surface area contributed by atoms with Crippen LogP contribution in [0.4, 0.5) is 0 Å². The number of benzene rings is 3. The molecule has 108 valence electrons. The average molecular weight is 349 g/mol. The molecular weight excluding hydrogens is 331 g/mol. The summed E-state index contributed by atoms with van der Waals surface area (Å²) in [6.45, 7) is 4.59. The predicted molar refractivity (Wildman–Crippen MR) is 97.9 cm³/mol. The molecule has 0 radical (unpaired) electrons. The van der Waals surface area contributed by atoms with E-state index in [0.717, 1.165) is 0 Å². The minimum absolute atomic E-state index is 0.445. The van der Waals surface area contributed by atoms with E-state index >= 15 is 0 Å². The van der Waals surface area contributed by atoms with E-state index in [9.17, 15) is 0 Å². The monoisotopic (exact) mass is 350 g/mol. The van der Waals surface area contributed by atoms with Gasteiger partial charge < -0.3 is 0 Å². The van der Waals surface area contributed by atoms with Crippen molar-refractivity contribution in [2.45, 2.75) is 19.8 Å². The molecule has 0 aliphatic rings. The van der Waals surface area contributed by atoms with E-state index in [0.29, 0.717) is 20.4 Å². The second-order valence-corrected chi connectivity index (χ2v) is 8.27. The first-order valence-electron chi connectivity index (χ1n) is 7.74. The molecule has 3 aromatic carbocycles. The van der Waals surface area contributed by atoms with Gasteiger partial charge in [-0.1, -0.05) is 0 Å². The first-order valence-corrected chi connectivity index (χ1v) is 9.46. The summed E-state index contributed by atoms with van der Waals surface area (Å²) in [5, 5.41) is 2.90. The Balaban J connectivity index is 2.00. The van der Waals surface area contributed by atoms with Gasteiger partial charge in [-0.2, -0.15) is 0 Å². The van der Waals surface area contributed by atoms with E-state index in [1.807, 2.05) is 0 Å². The van der Waals surface area contributed by atoms with E-state index in [1.165, 1.54) is 31.7 Å². The van der Waals surface area contributed by atoms with Crippen molar-refractivity contribution < 1.29 is 0 Å². The molecule has 0 saturated carbocycles. The van der Waals surface area contributed by atoms with Crippen LogP contribution in [-0.2, 0) is 0 Å². The third-order valence-electron chi connectivity index (χ3n) is 4.26. The Morgan fingerprint density at radius 1 is 0.727 bits per heavy atom. The molecule has 1 aromatic heterocycles. The molecule has 0 saturated heterocycles. The Morgan fingerprint density at radius 3 is 2.32 bits per heavy atom. The fourth-order valence-corrected chi connectivity index (χ4v) is 5.91. The zero-order chi connectivity index (χ0) is 15.1. The summed E-state index contributed by atoms with van der Waals surface area (Å²) in [5.41, 5.74) is 4.14. The quantitative estimate of drug-likeness (QED) is 0.399. The van der Waals surface area contributed by atoms with Crippen molar-refractivity contribution in [3.63, 3.8) is 0 Å². The first-order chi connectivity index (χ1) is 10.7. The second kappa shape index (κ2) is 5.43. The Labute approximate surface area is 137 Å². The number of hydrogen-bond acceptors (Lipinski definition) is 0. The Kier molecular flexibility index (Phi) is 3.41. The van der Waals surface area contributed by atoms with Crippen LogP contribution >= 0.6 is 0 Å². The fourth-order valence-electron chi connectivity index (χ4n) is 3.09. The summed E-state index contributed by atoms with van der Waals surface area (Å²) >= 11 is 0.445. The van der Waals surface area contributed by atoms with Crippen LogP contribution in [0.15, 0.2) is 66.7 Å². The molecule has 0 nitrogen and oxygen atoms in total. The number of fused-ring (bicyclic) bond motifs is 3. The van der Waals surface area contributed by atoms with Crippen LogP contribution in [-0.4, -0.2) is 14.5 Å². The van der Waals surface area contributed by atoms with Gasteiger partial charge >= 0.3 is 137 Å². The van der Waals surface area contributed by atoms with E-state index in [4.69, 9.17) is 0 Å². The minimum atomic E-state index is 0.445. The first kappa shape index (κ1) is 13.8. The van der Waals surface area contributed by atoms with Crippen molar-refractivity contribution >= 4 is 33.8 Å². The standard InChI is InChI=1S/C21H18Se/c1-14(2)17-9-6-10-18-19-13-16(15-7-4-3-5-8-15)11-12-20(19)22-21(17)18/h3-14H,1-2H3. The van der Waals surface area contributed by atoms with Crippen LogP contribution in [0, 0.1) is 0 Å². The van der Waals surface area contributed by atoms with Gasteiger partial charge in [0.25, 0.3) is 0 Å². The van der Waals surface area contributed by atoms with Crippen molar-refractivity contribution in [1.29, 1.82) is 0 Å². The molecule has 4 aromatic rings. The zero-order valence-electron chi connectivity index (χ0n) is 12.8. The van der Waals surface area contributed by atoms with Crippen LogP contribution in [0.2, 0.25) is 0 Å². The normalized spacial score (nSPS) is 11.6. The molecule has 0 aliphatic carbocycles. The third-order valence-corrected chi connectivity index (χ3v) is 6.85. The summed E-state index contributed by atoms with van der Waals surface area (Å²) in [6.07, 6.45) is 0. The van der Waals surface area contributed by atoms with E-state index in [-0.39, 0.29) is 0 Å². The third kappa shape index (κ3) is 2.22. The van der Waals surface area contributed by atoms with Gasteiger partial charge in [0.05, 0.1) is 0 Å². The van der Waals surface area contributed by atoms with Gasteiger partial charge in [-0.3, -0.25) is 0 Å². The van der Waals surface area contributed by atoms with Gasteiger partial charge in [0.2, 0.25) is 0 Å². The van der Waals surface area contributed by atoms with Crippen molar-refractivity contribution in [3.05, 3.63) is 72.3 Å². The maximum absolute atomic E-state index is 2.38. The Hall–Kier alpha value is -1.82. The molecule has 0 unspecified atom stereocenters. The SMILES string of the molecule is CC(C)c1cccc2c1[se]c1ccc(-c3ccccc3)cc12. The van der Waals surface area contributed by atoms with Gasteiger partial charge in [0.15, 0.2) is 0 Å². The molecule has 0 spiro atoms. The molecule has 0 atom stereocenters. The average Bonchev–Trinajstić information content (AvgIpc) is 2.93. The van der Waals surface area contributed by atoms with Crippen LogP contribution < -0.4 is 0 Å². The fraction of sp³-hybridized carbons (Fsp3) is 0.143. The molecule has 0 N–H and O–H groups in total. The Bertz CT molecular complexity index is 946. The molecule has 0 amide bonds. The van der Waals surface area contributed by atoms with Crippen molar-refractivity contribution in [1.82, 2.24) is 0 Å². The van der Waals surface area contributed by atoms with Gasteiger partial charge in [0.1, 0.15) is 0 Å². The summed E-state index contributed by atoms with van der Waals surface area (Å²) in [5.74, 6) is 0.597.